The van der Waals surface area contributed by atoms with Crippen molar-refractivity contribution in [2.45, 2.75) is 121 Å². The van der Waals surface area contributed by atoms with E-state index in [0.717, 1.165) is 55.7 Å². The van der Waals surface area contributed by atoms with Gasteiger partial charge in [0.1, 0.15) is 17.4 Å². The maximum Gasteiger partial charge on any atom is 0.419 e. The summed E-state index contributed by atoms with van der Waals surface area (Å²) in [6.45, 7) is 2.21. The first-order valence-corrected chi connectivity index (χ1v) is 16.4. The van der Waals surface area contributed by atoms with E-state index >= 15 is 0 Å². The van der Waals surface area contributed by atoms with Crippen molar-refractivity contribution in [3.05, 3.63) is 76.9 Å². The van der Waals surface area contributed by atoms with Gasteiger partial charge in [0.25, 0.3) is 0 Å². The van der Waals surface area contributed by atoms with Crippen molar-refractivity contribution in [3.63, 3.8) is 0 Å². The molecule has 4 rings (SSSR count). The van der Waals surface area contributed by atoms with Gasteiger partial charge in [0.2, 0.25) is 0 Å². The highest BCUT2D eigenvalue weighted by molar-refractivity contribution is 5.31. The van der Waals surface area contributed by atoms with Crippen molar-refractivity contribution < 1.29 is 35.5 Å². The molecule has 0 atom stereocenters. The molecule has 244 valence electrons. The summed E-state index contributed by atoms with van der Waals surface area (Å²) < 4.78 is 101. The van der Waals surface area contributed by atoms with Crippen LogP contribution < -0.4 is 4.74 Å². The van der Waals surface area contributed by atoms with Gasteiger partial charge in [-0.2, -0.15) is 22.0 Å². The lowest BCUT2D eigenvalue weighted by Gasteiger charge is -2.33. The second kappa shape index (κ2) is 15.7. The van der Waals surface area contributed by atoms with Crippen LogP contribution >= 0.6 is 0 Å². The molecule has 0 saturated heterocycles. The number of benzene rings is 2. The van der Waals surface area contributed by atoms with Gasteiger partial charge in [-0.05, 0) is 111 Å². The van der Waals surface area contributed by atoms with E-state index in [2.05, 4.69) is 29.9 Å². The lowest BCUT2D eigenvalue weighted by molar-refractivity contribution is -0.223. The molecule has 2 aliphatic rings. The number of aryl methyl sites for hydroxylation is 1. The summed E-state index contributed by atoms with van der Waals surface area (Å²) in [7, 11) is 0. The molecule has 2 aliphatic carbocycles. The second-order valence-electron chi connectivity index (χ2n) is 12.8. The molecule has 44 heavy (non-hydrogen) atoms. The van der Waals surface area contributed by atoms with Crippen LogP contribution in [0, 0.1) is 29.4 Å². The molecule has 0 aromatic heterocycles. The van der Waals surface area contributed by atoms with Gasteiger partial charge in [0, 0.05) is 6.07 Å². The van der Waals surface area contributed by atoms with Crippen molar-refractivity contribution in [2.24, 2.45) is 17.8 Å². The van der Waals surface area contributed by atoms with Crippen LogP contribution in [-0.2, 0) is 12.6 Å². The van der Waals surface area contributed by atoms with Gasteiger partial charge in [-0.3, -0.25) is 0 Å². The van der Waals surface area contributed by atoms with Crippen LogP contribution in [0.3, 0.4) is 0 Å². The summed E-state index contributed by atoms with van der Waals surface area (Å²) in [6, 6.07) is 7.29. The molecule has 0 N–H and O–H groups in total. The topological polar surface area (TPSA) is 9.23 Å². The summed E-state index contributed by atoms with van der Waals surface area (Å²) in [5.41, 5.74) is 0.374. The minimum atomic E-state index is -4.91. The maximum atomic E-state index is 15.0. The van der Waals surface area contributed by atoms with Gasteiger partial charge in [-0.1, -0.05) is 63.3 Å². The molecule has 2 aromatic rings. The van der Waals surface area contributed by atoms with E-state index in [9.17, 15) is 30.7 Å². The highest BCUT2D eigenvalue weighted by atomic mass is 19.4. The number of hydrogen-bond donors (Lipinski definition) is 0. The molecule has 2 aromatic carbocycles. The summed E-state index contributed by atoms with van der Waals surface area (Å²) in [6.07, 6.45) is 9.32. The average molecular weight is 627 g/mol. The van der Waals surface area contributed by atoms with Gasteiger partial charge >= 0.3 is 12.3 Å². The largest absolute Gasteiger partial charge is 0.432 e. The lowest BCUT2D eigenvalue weighted by atomic mass is 9.77. The molecule has 8 heteroatoms. The molecule has 2 saturated carbocycles. The number of hydrogen-bond acceptors (Lipinski definition) is 1. The van der Waals surface area contributed by atoms with E-state index in [4.69, 9.17) is 0 Å². The Labute approximate surface area is 257 Å². The molecule has 1 nitrogen and oxygen atoms in total. The van der Waals surface area contributed by atoms with E-state index in [1.54, 1.807) is 6.07 Å². The van der Waals surface area contributed by atoms with Crippen LogP contribution in [0.15, 0.2) is 48.6 Å². The quantitative estimate of drug-likeness (QED) is 0.122. The van der Waals surface area contributed by atoms with Gasteiger partial charge in [0.05, 0.1) is 11.5 Å². The van der Waals surface area contributed by atoms with Crippen molar-refractivity contribution in [1.82, 2.24) is 0 Å². The van der Waals surface area contributed by atoms with Crippen molar-refractivity contribution in [2.75, 3.05) is 0 Å². The first kappa shape index (κ1) is 34.4. The molecule has 0 spiro atoms. The van der Waals surface area contributed by atoms with Gasteiger partial charge in [-0.15, -0.1) is 0 Å². The number of ether oxygens (including phenoxy) is 1. The molecule has 0 radical (unpaired) electrons. The van der Waals surface area contributed by atoms with Gasteiger partial charge in [0.15, 0.2) is 0 Å². The Morgan fingerprint density at radius 3 is 1.91 bits per heavy atom. The Bertz CT molecular complexity index is 1210. The Morgan fingerprint density at radius 2 is 1.32 bits per heavy atom. The van der Waals surface area contributed by atoms with E-state index in [-0.39, 0.29) is 30.5 Å². The van der Waals surface area contributed by atoms with Crippen LogP contribution in [0.25, 0.3) is 0 Å². The summed E-state index contributed by atoms with van der Waals surface area (Å²) in [4.78, 5) is 0. The molecule has 2 fully saturated rings. The van der Waals surface area contributed by atoms with E-state index in [1.165, 1.54) is 32.1 Å². The monoisotopic (exact) mass is 626 g/mol. The molecule has 0 heterocycles. The molecular formula is C36H45F7O. The Hall–Kier alpha value is -2.51. The molecule has 0 bridgehead atoms. The summed E-state index contributed by atoms with van der Waals surface area (Å²) >= 11 is 0. The van der Waals surface area contributed by atoms with Crippen LogP contribution in [0.5, 0.6) is 5.75 Å². The molecule has 0 amide bonds. The number of alkyl halides is 5. The zero-order chi connectivity index (χ0) is 31.7. The molecule has 0 unspecified atom stereocenters. The fraction of sp³-hybridized carbons (Fsp3) is 0.611. The predicted molar refractivity (Wildman–Crippen MR) is 160 cm³/mol. The highest BCUT2D eigenvalue weighted by Crippen LogP contribution is 2.42. The first-order chi connectivity index (χ1) is 21.0. The van der Waals surface area contributed by atoms with Crippen molar-refractivity contribution >= 4 is 0 Å². The third kappa shape index (κ3) is 9.74. The Morgan fingerprint density at radius 1 is 0.705 bits per heavy atom. The predicted octanol–water partition coefficient (Wildman–Crippen LogP) is 12.2. The summed E-state index contributed by atoms with van der Waals surface area (Å²) in [5, 5.41) is 0. The van der Waals surface area contributed by atoms with Gasteiger partial charge < -0.3 is 4.74 Å². The van der Waals surface area contributed by atoms with Crippen molar-refractivity contribution in [1.29, 1.82) is 0 Å². The zero-order valence-electron chi connectivity index (χ0n) is 25.6. The van der Waals surface area contributed by atoms with Crippen molar-refractivity contribution in [3.8, 4) is 5.75 Å². The first-order valence-electron chi connectivity index (χ1n) is 16.4. The molecular weight excluding hydrogens is 581 g/mol. The highest BCUT2D eigenvalue weighted by Gasteiger charge is 2.44. The second-order valence-corrected chi connectivity index (χ2v) is 12.8. The number of unbranched alkanes of at least 4 members (excludes halogenated alkanes) is 5. The minimum absolute atomic E-state index is 0.0894. The van der Waals surface area contributed by atoms with Crippen LogP contribution in [0.2, 0.25) is 0 Å². The van der Waals surface area contributed by atoms with Crippen LogP contribution in [0.4, 0.5) is 30.7 Å². The third-order valence-corrected chi connectivity index (χ3v) is 9.50. The SMILES string of the molecule is CCCCCCCCc1ccc(C2CCC(/C=C/C3CCC(C(F)(F)Oc4ccc(C(F)(F)F)c(F)c4)CC3)CC2)c(F)c1. The van der Waals surface area contributed by atoms with E-state index in [0.29, 0.717) is 30.9 Å². The van der Waals surface area contributed by atoms with Gasteiger partial charge in [-0.25, -0.2) is 8.78 Å². The fourth-order valence-corrected chi connectivity index (χ4v) is 6.78. The smallest absolute Gasteiger partial charge is 0.419 e. The fourth-order valence-electron chi connectivity index (χ4n) is 6.78. The number of rotatable bonds is 13. The van der Waals surface area contributed by atoms with E-state index in [1.807, 2.05) is 6.07 Å². The van der Waals surface area contributed by atoms with Crippen LogP contribution in [0.1, 0.15) is 119 Å². The lowest BCUT2D eigenvalue weighted by Crippen LogP contribution is -2.37. The average Bonchev–Trinajstić information content (AvgIpc) is 2.98. The Kier molecular flexibility index (Phi) is 12.2. The van der Waals surface area contributed by atoms with E-state index < -0.39 is 35.3 Å². The maximum absolute atomic E-state index is 15.0. The number of halogens is 7. The standard InChI is InChI=1S/C36H45F7O/c1-2-3-4-5-6-7-8-27-15-21-31(33(37)23-27)28-16-11-25(12-17-28)9-10-26-13-18-29(19-14-26)36(42,43)44-30-20-22-32(34(38)24-30)35(39,40)41/h9-10,15,20-26,28-29H,2-8,11-14,16-19H2,1H3/b10-9+. The number of allylic oxidation sites excluding steroid dienone is 2. The Balaban J connectivity index is 1.19. The minimum Gasteiger partial charge on any atom is -0.432 e. The summed E-state index contributed by atoms with van der Waals surface area (Å²) in [5.74, 6) is -2.68. The third-order valence-electron chi connectivity index (χ3n) is 9.50. The van der Waals surface area contributed by atoms with Crippen LogP contribution in [-0.4, -0.2) is 6.11 Å². The molecule has 0 aliphatic heterocycles. The zero-order valence-corrected chi connectivity index (χ0v) is 25.6. The normalized spacial score (nSPS) is 23.3.